The first-order valence-corrected chi connectivity index (χ1v) is 10.8. The van der Waals surface area contributed by atoms with Gasteiger partial charge in [0.2, 0.25) is 0 Å². The van der Waals surface area contributed by atoms with Crippen LogP contribution in [0, 0.1) is 5.41 Å². The Morgan fingerprint density at radius 1 is 1.21 bits per heavy atom. The molecule has 1 saturated heterocycles. The molecule has 29 heavy (non-hydrogen) atoms. The van der Waals surface area contributed by atoms with E-state index in [9.17, 15) is 0 Å². The number of pyridine rings is 1. The van der Waals surface area contributed by atoms with Gasteiger partial charge in [-0.15, -0.1) is 0 Å². The van der Waals surface area contributed by atoms with Crippen LogP contribution in [0.1, 0.15) is 58.1 Å². The Labute approximate surface area is 171 Å². The molecule has 1 N–H and O–H groups in total. The van der Waals surface area contributed by atoms with Crippen molar-refractivity contribution in [3.8, 4) is 0 Å². The molecule has 0 aromatic carbocycles. The van der Waals surface area contributed by atoms with Gasteiger partial charge in [0.05, 0.1) is 17.6 Å². The first-order valence-electron chi connectivity index (χ1n) is 10.8. The molecule has 0 aliphatic carbocycles. The molecular formula is C22H29N7. The number of aromatic amines is 1. The molecule has 0 bridgehead atoms. The summed E-state index contributed by atoms with van der Waals surface area (Å²) in [5.41, 5.74) is 4.30. The first-order chi connectivity index (χ1) is 14.1. The molecule has 5 heterocycles. The van der Waals surface area contributed by atoms with E-state index in [4.69, 9.17) is 9.97 Å². The number of anilines is 3. The van der Waals surface area contributed by atoms with Crippen molar-refractivity contribution >= 4 is 28.5 Å². The summed E-state index contributed by atoms with van der Waals surface area (Å²) >= 11 is 0. The van der Waals surface area contributed by atoms with Crippen molar-refractivity contribution in [1.29, 1.82) is 0 Å². The van der Waals surface area contributed by atoms with Gasteiger partial charge in [-0.1, -0.05) is 27.2 Å². The molecule has 0 unspecified atom stereocenters. The summed E-state index contributed by atoms with van der Waals surface area (Å²) in [6.45, 7) is 9.91. The van der Waals surface area contributed by atoms with Gasteiger partial charge in [-0.2, -0.15) is 5.10 Å². The second-order valence-corrected chi connectivity index (χ2v) is 8.87. The second kappa shape index (κ2) is 6.97. The molecule has 0 saturated carbocycles. The van der Waals surface area contributed by atoms with Crippen LogP contribution in [0.2, 0.25) is 0 Å². The summed E-state index contributed by atoms with van der Waals surface area (Å²) in [6.07, 6.45) is 8.47. The van der Waals surface area contributed by atoms with Crippen LogP contribution in [-0.2, 0) is 0 Å². The smallest absolute Gasteiger partial charge is 0.183 e. The average molecular weight is 392 g/mol. The zero-order valence-corrected chi connectivity index (χ0v) is 17.5. The van der Waals surface area contributed by atoms with Crippen molar-refractivity contribution in [2.75, 3.05) is 29.4 Å². The van der Waals surface area contributed by atoms with Crippen LogP contribution >= 0.6 is 0 Å². The minimum atomic E-state index is 0.457. The maximum absolute atomic E-state index is 4.86. The van der Waals surface area contributed by atoms with Gasteiger partial charge in [-0.25, -0.2) is 9.97 Å². The Morgan fingerprint density at radius 3 is 2.83 bits per heavy atom. The summed E-state index contributed by atoms with van der Waals surface area (Å²) in [4.78, 5) is 18.8. The third kappa shape index (κ3) is 3.12. The number of hydrogen-bond acceptors (Lipinski definition) is 6. The van der Waals surface area contributed by atoms with E-state index in [2.05, 4.69) is 51.8 Å². The Morgan fingerprint density at radius 2 is 2.03 bits per heavy atom. The number of fused-ring (bicyclic) bond motifs is 2. The third-order valence-electron chi connectivity index (χ3n) is 7.00. The molecule has 5 rings (SSSR count). The number of piperidine rings is 1. The number of H-pyrrole nitrogens is 1. The molecule has 0 spiro atoms. The van der Waals surface area contributed by atoms with Crippen LogP contribution in [0.5, 0.6) is 0 Å². The Bertz CT molecular complexity index is 1020. The van der Waals surface area contributed by atoms with Crippen molar-refractivity contribution in [2.45, 2.75) is 52.4 Å². The van der Waals surface area contributed by atoms with Crippen molar-refractivity contribution in [3.05, 3.63) is 30.2 Å². The highest BCUT2D eigenvalue weighted by Crippen LogP contribution is 2.39. The van der Waals surface area contributed by atoms with Crippen LogP contribution < -0.4 is 9.80 Å². The lowest BCUT2D eigenvalue weighted by atomic mass is 9.78. The van der Waals surface area contributed by atoms with Crippen molar-refractivity contribution in [2.24, 2.45) is 5.41 Å². The standard InChI is InChI=1S/C22H29N7/c1-4-22(3)8-12-28(13-9-22)17-14-24-19-20(25-17)26-27-21(19)29-11-7-15(2)18-16(29)6-5-10-23-18/h5-6,10,14-15H,4,7-9,11-13H2,1-3H3,(H,25,26,27)/t15-/m0/s1. The summed E-state index contributed by atoms with van der Waals surface area (Å²) in [7, 11) is 0. The largest absolute Gasteiger partial charge is 0.355 e. The molecule has 0 radical (unpaired) electrons. The normalized spacial score (nSPS) is 21.4. The van der Waals surface area contributed by atoms with Crippen LogP contribution in [0.25, 0.3) is 11.2 Å². The Hall–Kier alpha value is -2.70. The number of nitrogens with zero attached hydrogens (tertiary/aromatic N) is 6. The average Bonchev–Trinajstić information content (AvgIpc) is 3.18. The summed E-state index contributed by atoms with van der Waals surface area (Å²) in [5.74, 6) is 2.25. The van der Waals surface area contributed by atoms with E-state index in [1.54, 1.807) is 0 Å². The van der Waals surface area contributed by atoms with Crippen LogP contribution in [0.4, 0.5) is 17.3 Å². The molecule has 7 heteroatoms. The number of rotatable bonds is 3. The van der Waals surface area contributed by atoms with Crippen LogP contribution in [0.3, 0.4) is 0 Å². The van der Waals surface area contributed by atoms with Gasteiger partial charge in [0.15, 0.2) is 17.0 Å². The zero-order valence-electron chi connectivity index (χ0n) is 17.5. The quantitative estimate of drug-likeness (QED) is 0.713. The maximum atomic E-state index is 4.86. The van der Waals surface area contributed by atoms with E-state index >= 15 is 0 Å². The molecule has 2 aliphatic rings. The summed E-state index contributed by atoms with van der Waals surface area (Å²) in [6, 6.07) is 4.11. The highest BCUT2D eigenvalue weighted by Gasteiger charge is 2.30. The number of aromatic nitrogens is 5. The van der Waals surface area contributed by atoms with E-state index in [0.717, 1.165) is 60.2 Å². The second-order valence-electron chi connectivity index (χ2n) is 8.87. The van der Waals surface area contributed by atoms with E-state index in [-0.39, 0.29) is 0 Å². The Balaban J connectivity index is 1.45. The van der Waals surface area contributed by atoms with Crippen molar-refractivity contribution in [1.82, 2.24) is 25.1 Å². The van der Waals surface area contributed by atoms with Gasteiger partial charge in [0, 0.05) is 31.7 Å². The van der Waals surface area contributed by atoms with Gasteiger partial charge in [-0.3, -0.25) is 10.1 Å². The maximum Gasteiger partial charge on any atom is 0.183 e. The lowest BCUT2D eigenvalue weighted by Gasteiger charge is -2.39. The predicted molar refractivity (Wildman–Crippen MR) is 116 cm³/mol. The SMILES string of the molecule is CCC1(C)CCN(c2cnc3c(N4CC[C@H](C)c5ncccc54)n[nH]c3n2)CC1. The fourth-order valence-electron chi connectivity index (χ4n) is 4.57. The van der Waals surface area contributed by atoms with Gasteiger partial charge < -0.3 is 9.80 Å². The topological polar surface area (TPSA) is 73.8 Å². The molecule has 0 amide bonds. The zero-order chi connectivity index (χ0) is 20.0. The number of nitrogens with one attached hydrogen (secondary N) is 1. The lowest BCUT2D eigenvalue weighted by molar-refractivity contribution is 0.238. The number of hydrogen-bond donors (Lipinski definition) is 1. The van der Waals surface area contributed by atoms with Crippen LogP contribution in [-0.4, -0.2) is 44.8 Å². The molecule has 2 aliphatic heterocycles. The minimum absolute atomic E-state index is 0.457. The molecular weight excluding hydrogens is 362 g/mol. The fourth-order valence-corrected chi connectivity index (χ4v) is 4.57. The molecule has 7 nitrogen and oxygen atoms in total. The van der Waals surface area contributed by atoms with Crippen molar-refractivity contribution in [3.63, 3.8) is 0 Å². The highest BCUT2D eigenvalue weighted by molar-refractivity contribution is 5.87. The molecule has 1 fully saturated rings. The van der Waals surface area contributed by atoms with Gasteiger partial charge >= 0.3 is 0 Å². The minimum Gasteiger partial charge on any atom is -0.355 e. The molecule has 3 aromatic heterocycles. The highest BCUT2D eigenvalue weighted by atomic mass is 15.3. The van der Waals surface area contributed by atoms with Crippen LogP contribution in [0.15, 0.2) is 24.5 Å². The van der Waals surface area contributed by atoms with Crippen molar-refractivity contribution < 1.29 is 0 Å². The van der Waals surface area contributed by atoms with Gasteiger partial charge in [0.25, 0.3) is 0 Å². The van der Waals surface area contributed by atoms with E-state index in [1.807, 2.05) is 18.5 Å². The van der Waals surface area contributed by atoms with E-state index < -0.39 is 0 Å². The Kier molecular flexibility index (Phi) is 4.41. The first kappa shape index (κ1) is 18.3. The van der Waals surface area contributed by atoms with E-state index in [0.29, 0.717) is 11.3 Å². The summed E-state index contributed by atoms with van der Waals surface area (Å²) in [5, 5.41) is 7.72. The molecule has 152 valence electrons. The lowest BCUT2D eigenvalue weighted by Crippen LogP contribution is -2.38. The van der Waals surface area contributed by atoms with Gasteiger partial charge in [0.1, 0.15) is 5.82 Å². The fraction of sp³-hybridized carbons (Fsp3) is 0.545. The molecule has 3 aromatic rings. The van der Waals surface area contributed by atoms with E-state index in [1.165, 1.54) is 19.3 Å². The summed E-state index contributed by atoms with van der Waals surface area (Å²) < 4.78 is 0. The van der Waals surface area contributed by atoms with Gasteiger partial charge in [-0.05, 0) is 36.8 Å². The predicted octanol–water partition coefficient (Wildman–Crippen LogP) is 4.41. The monoisotopic (exact) mass is 391 g/mol. The molecule has 1 atom stereocenters. The third-order valence-corrected chi connectivity index (χ3v) is 7.00.